The summed E-state index contributed by atoms with van der Waals surface area (Å²) in [6, 6.07) is 3.45. The topological polar surface area (TPSA) is 104 Å². The number of nitrogens with one attached hydrogen (secondary N) is 1. The van der Waals surface area contributed by atoms with Crippen LogP contribution in [0.1, 0.15) is 23.1 Å². The van der Waals surface area contributed by atoms with E-state index in [4.69, 9.17) is 4.42 Å². The quantitative estimate of drug-likeness (QED) is 0.777. The number of rotatable bonds is 4. The molecule has 3 aromatic rings. The number of carbonyl (C=O) groups excluding carboxylic acids is 1. The molecule has 0 aromatic carbocycles. The van der Waals surface area contributed by atoms with Gasteiger partial charge < -0.3 is 4.42 Å². The molecular weight excluding hydrogens is 286 g/mol. The van der Waals surface area contributed by atoms with Crippen LogP contribution < -0.4 is 5.32 Å². The Morgan fingerprint density at radius 2 is 2.18 bits per heavy atom. The van der Waals surface area contributed by atoms with Crippen LogP contribution in [0.25, 0.3) is 11.6 Å². The molecule has 0 aliphatic rings. The lowest BCUT2D eigenvalue weighted by Gasteiger charge is -1.97. The molecule has 3 rings (SSSR count). The van der Waals surface area contributed by atoms with Gasteiger partial charge in [-0.05, 0) is 26.0 Å². The molecule has 0 saturated carbocycles. The van der Waals surface area contributed by atoms with E-state index in [1.165, 1.54) is 0 Å². The number of nitrogens with zero attached hydrogens (tertiary/aromatic N) is 6. The third-order valence-electron chi connectivity index (χ3n) is 3.09. The molecule has 0 spiro atoms. The van der Waals surface area contributed by atoms with Crippen molar-refractivity contribution >= 4 is 11.9 Å². The zero-order chi connectivity index (χ0) is 15.7. The van der Waals surface area contributed by atoms with Crippen LogP contribution in [0.3, 0.4) is 0 Å². The Hall–Kier alpha value is -2.97. The highest BCUT2D eigenvalue weighted by atomic mass is 16.4. The van der Waals surface area contributed by atoms with E-state index in [0.29, 0.717) is 17.9 Å². The van der Waals surface area contributed by atoms with Crippen molar-refractivity contribution < 1.29 is 9.21 Å². The lowest BCUT2D eigenvalue weighted by atomic mass is 10.3. The number of hydrogen-bond donors (Lipinski definition) is 1. The summed E-state index contributed by atoms with van der Waals surface area (Å²) in [5.41, 5.74) is 1.76. The largest absolute Gasteiger partial charge is 0.401 e. The Morgan fingerprint density at radius 1 is 1.36 bits per heavy atom. The van der Waals surface area contributed by atoms with Gasteiger partial charge in [-0.3, -0.25) is 19.5 Å². The van der Waals surface area contributed by atoms with E-state index in [-0.39, 0.29) is 11.9 Å². The first-order chi connectivity index (χ1) is 10.6. The second-order valence-corrected chi connectivity index (χ2v) is 4.73. The van der Waals surface area contributed by atoms with E-state index in [2.05, 4.69) is 25.7 Å². The van der Waals surface area contributed by atoms with Crippen molar-refractivity contribution in [3.63, 3.8) is 0 Å². The summed E-state index contributed by atoms with van der Waals surface area (Å²) in [4.78, 5) is 12.1. The van der Waals surface area contributed by atoms with Gasteiger partial charge in [0.2, 0.25) is 0 Å². The molecule has 1 N–H and O–H groups in total. The zero-order valence-electron chi connectivity index (χ0n) is 12.4. The molecule has 0 fully saturated rings. The Bertz CT molecular complexity index is 814. The summed E-state index contributed by atoms with van der Waals surface area (Å²) in [5.74, 6) is -0.155. The number of anilines is 1. The van der Waals surface area contributed by atoms with E-state index < -0.39 is 5.91 Å². The molecule has 0 saturated heterocycles. The minimum Gasteiger partial charge on any atom is -0.401 e. The average molecular weight is 301 g/mol. The maximum atomic E-state index is 12.1. The second-order valence-electron chi connectivity index (χ2n) is 4.73. The normalized spacial score (nSPS) is 10.9. The number of carbonyl (C=O) groups is 1. The summed E-state index contributed by atoms with van der Waals surface area (Å²) in [5, 5.41) is 18.5. The molecule has 0 radical (unpaired) electrons. The predicted molar refractivity (Wildman–Crippen MR) is 77.1 cm³/mol. The number of amides is 1. The van der Waals surface area contributed by atoms with Crippen LogP contribution in [-0.2, 0) is 13.6 Å². The molecule has 22 heavy (non-hydrogen) atoms. The molecule has 3 heterocycles. The SMILES string of the molecule is CCn1nc(C(=O)Nc2nnc(-c3ccn(C)n3)o2)cc1C. The van der Waals surface area contributed by atoms with Gasteiger partial charge in [-0.2, -0.15) is 10.2 Å². The predicted octanol–water partition coefficient (Wildman–Crippen LogP) is 1.25. The molecule has 3 aromatic heterocycles. The van der Waals surface area contributed by atoms with Crippen LogP contribution in [0.5, 0.6) is 0 Å². The molecule has 0 bridgehead atoms. The fourth-order valence-corrected chi connectivity index (χ4v) is 2.01. The van der Waals surface area contributed by atoms with Crippen LogP contribution >= 0.6 is 0 Å². The molecule has 0 aliphatic carbocycles. The van der Waals surface area contributed by atoms with Crippen LogP contribution in [0, 0.1) is 6.92 Å². The minimum atomic E-state index is -0.397. The molecule has 0 atom stereocenters. The molecule has 9 nitrogen and oxygen atoms in total. The van der Waals surface area contributed by atoms with Gasteiger partial charge >= 0.3 is 6.01 Å². The summed E-state index contributed by atoms with van der Waals surface area (Å²) in [6.45, 7) is 4.54. The highest BCUT2D eigenvalue weighted by Crippen LogP contribution is 2.17. The number of hydrogen-bond acceptors (Lipinski definition) is 6. The van der Waals surface area contributed by atoms with Gasteiger partial charge in [-0.15, -0.1) is 5.10 Å². The molecule has 0 aliphatic heterocycles. The monoisotopic (exact) mass is 301 g/mol. The summed E-state index contributed by atoms with van der Waals surface area (Å²) < 4.78 is 8.74. The third kappa shape index (κ3) is 2.60. The molecular formula is C13H15N7O2. The van der Waals surface area contributed by atoms with Gasteiger partial charge in [0.05, 0.1) is 0 Å². The summed E-state index contributed by atoms with van der Waals surface area (Å²) >= 11 is 0. The van der Waals surface area contributed by atoms with Crippen LogP contribution in [0.4, 0.5) is 6.01 Å². The third-order valence-corrected chi connectivity index (χ3v) is 3.09. The van der Waals surface area contributed by atoms with Crippen molar-refractivity contribution in [2.45, 2.75) is 20.4 Å². The fourth-order valence-electron chi connectivity index (χ4n) is 2.01. The lowest BCUT2D eigenvalue weighted by Crippen LogP contribution is -2.13. The highest BCUT2D eigenvalue weighted by molar-refractivity contribution is 6.01. The van der Waals surface area contributed by atoms with Crippen molar-refractivity contribution in [1.29, 1.82) is 0 Å². The minimum absolute atomic E-state index is 0.00866. The molecule has 1 amide bonds. The Morgan fingerprint density at radius 3 is 2.82 bits per heavy atom. The highest BCUT2D eigenvalue weighted by Gasteiger charge is 2.16. The van der Waals surface area contributed by atoms with E-state index in [9.17, 15) is 4.79 Å². The van der Waals surface area contributed by atoms with E-state index in [1.807, 2.05) is 13.8 Å². The van der Waals surface area contributed by atoms with Crippen molar-refractivity contribution in [1.82, 2.24) is 29.8 Å². The standard InChI is InChI=1S/C13H15N7O2/c1-4-20-8(2)7-10(18-20)11(21)14-13-16-15-12(22-13)9-5-6-19(3)17-9/h5-7H,4H2,1-3H3,(H,14,16,21). The zero-order valence-corrected chi connectivity index (χ0v) is 12.4. The summed E-state index contributed by atoms with van der Waals surface area (Å²) in [6.07, 6.45) is 1.76. The average Bonchev–Trinajstić information content (AvgIpc) is 3.18. The molecule has 0 unspecified atom stereocenters. The number of aryl methyl sites for hydroxylation is 3. The van der Waals surface area contributed by atoms with E-state index in [0.717, 1.165) is 5.69 Å². The maximum absolute atomic E-state index is 12.1. The van der Waals surface area contributed by atoms with E-state index in [1.54, 1.807) is 34.7 Å². The Labute approximate surface area is 125 Å². The van der Waals surface area contributed by atoms with Crippen LogP contribution in [0.2, 0.25) is 0 Å². The van der Waals surface area contributed by atoms with E-state index >= 15 is 0 Å². The number of aromatic nitrogens is 6. The van der Waals surface area contributed by atoms with Gasteiger partial charge in [0, 0.05) is 25.5 Å². The first-order valence-electron chi connectivity index (χ1n) is 6.76. The maximum Gasteiger partial charge on any atom is 0.322 e. The van der Waals surface area contributed by atoms with Crippen LogP contribution in [-0.4, -0.2) is 35.7 Å². The second kappa shape index (κ2) is 5.43. The summed E-state index contributed by atoms with van der Waals surface area (Å²) in [7, 11) is 1.79. The first kappa shape index (κ1) is 14.0. The Kier molecular flexibility index (Phi) is 3.45. The van der Waals surface area contributed by atoms with Crippen molar-refractivity contribution in [2.24, 2.45) is 7.05 Å². The van der Waals surface area contributed by atoms with Crippen LogP contribution in [0.15, 0.2) is 22.7 Å². The van der Waals surface area contributed by atoms with Gasteiger partial charge in [-0.1, -0.05) is 5.10 Å². The first-order valence-corrected chi connectivity index (χ1v) is 6.76. The molecule has 9 heteroatoms. The van der Waals surface area contributed by atoms with Crippen molar-refractivity contribution in [3.8, 4) is 11.6 Å². The van der Waals surface area contributed by atoms with Crippen molar-refractivity contribution in [3.05, 3.63) is 29.7 Å². The van der Waals surface area contributed by atoms with Gasteiger partial charge in [0.15, 0.2) is 5.69 Å². The Balaban J connectivity index is 1.75. The van der Waals surface area contributed by atoms with Gasteiger partial charge in [0.1, 0.15) is 5.69 Å². The fraction of sp³-hybridized carbons (Fsp3) is 0.308. The van der Waals surface area contributed by atoms with Crippen molar-refractivity contribution in [2.75, 3.05) is 5.32 Å². The van der Waals surface area contributed by atoms with Gasteiger partial charge in [-0.25, -0.2) is 0 Å². The molecule has 114 valence electrons. The smallest absolute Gasteiger partial charge is 0.322 e. The lowest BCUT2D eigenvalue weighted by molar-refractivity contribution is 0.101. The van der Waals surface area contributed by atoms with Gasteiger partial charge in [0.25, 0.3) is 11.8 Å².